The first kappa shape index (κ1) is 17.1. The highest BCUT2D eigenvalue weighted by Crippen LogP contribution is 2.24. The first-order valence-electron chi connectivity index (χ1n) is 8.39. The molecule has 0 unspecified atom stereocenters. The first-order valence-corrected chi connectivity index (χ1v) is 8.39. The molecule has 2 aromatic carbocycles. The highest BCUT2D eigenvalue weighted by molar-refractivity contribution is 6.16. The largest absolute Gasteiger partial charge is 0.385 e. The lowest BCUT2D eigenvalue weighted by Crippen LogP contribution is -2.10. The third-order valence-corrected chi connectivity index (χ3v) is 4.22. The standard InChI is InChI=1S/C21H21NO3/c1-25-13-7-10-17(23)14-22-15-19(18-11-5-6-12-20(18)22)21(24)16-8-3-2-4-9-16/h2-6,8-9,11-12,15H,7,10,13-14H2,1H3. The number of hydrogen-bond acceptors (Lipinski definition) is 3. The lowest BCUT2D eigenvalue weighted by Gasteiger charge is -2.04. The Labute approximate surface area is 147 Å². The number of methoxy groups -OCH3 is 1. The number of benzene rings is 2. The number of ketones is 2. The minimum Gasteiger partial charge on any atom is -0.385 e. The van der Waals surface area contributed by atoms with Crippen LogP contribution in [-0.2, 0) is 16.1 Å². The molecule has 4 heteroatoms. The van der Waals surface area contributed by atoms with Gasteiger partial charge in [0, 0.05) is 48.4 Å². The Bertz CT molecular complexity index is 881. The third kappa shape index (κ3) is 3.86. The maximum absolute atomic E-state index is 12.9. The van der Waals surface area contributed by atoms with Crippen molar-refractivity contribution in [2.24, 2.45) is 0 Å². The van der Waals surface area contributed by atoms with Gasteiger partial charge in [0.15, 0.2) is 11.6 Å². The normalized spacial score (nSPS) is 10.9. The molecule has 128 valence electrons. The van der Waals surface area contributed by atoms with E-state index in [9.17, 15) is 9.59 Å². The summed E-state index contributed by atoms with van der Waals surface area (Å²) in [5.41, 5.74) is 2.19. The van der Waals surface area contributed by atoms with Crippen LogP contribution in [0.25, 0.3) is 10.9 Å². The van der Waals surface area contributed by atoms with E-state index >= 15 is 0 Å². The van der Waals surface area contributed by atoms with Gasteiger partial charge in [-0.2, -0.15) is 0 Å². The minimum atomic E-state index is -0.0256. The molecule has 4 nitrogen and oxygen atoms in total. The summed E-state index contributed by atoms with van der Waals surface area (Å²) in [6, 6.07) is 16.9. The molecule has 0 bridgehead atoms. The summed E-state index contributed by atoms with van der Waals surface area (Å²) in [6.07, 6.45) is 2.99. The van der Waals surface area contributed by atoms with Crippen LogP contribution >= 0.6 is 0 Å². The Kier molecular flexibility index (Phi) is 5.41. The number of ether oxygens (including phenoxy) is 1. The number of para-hydroxylation sites is 1. The molecular formula is C21H21NO3. The highest BCUT2D eigenvalue weighted by atomic mass is 16.5. The number of hydrogen-bond donors (Lipinski definition) is 0. The zero-order chi connectivity index (χ0) is 17.6. The van der Waals surface area contributed by atoms with Crippen LogP contribution in [-0.4, -0.2) is 29.9 Å². The number of aromatic nitrogens is 1. The van der Waals surface area contributed by atoms with Gasteiger partial charge in [-0.3, -0.25) is 9.59 Å². The van der Waals surface area contributed by atoms with E-state index in [1.54, 1.807) is 13.3 Å². The average Bonchev–Trinajstić information content (AvgIpc) is 3.01. The molecule has 0 aliphatic heterocycles. The van der Waals surface area contributed by atoms with Gasteiger partial charge in [0.25, 0.3) is 0 Å². The molecule has 1 aromatic heterocycles. The third-order valence-electron chi connectivity index (χ3n) is 4.22. The summed E-state index contributed by atoms with van der Waals surface area (Å²) >= 11 is 0. The summed E-state index contributed by atoms with van der Waals surface area (Å²) in [5, 5.41) is 0.876. The van der Waals surface area contributed by atoms with Crippen molar-refractivity contribution in [3.8, 4) is 0 Å². The van der Waals surface area contributed by atoms with Gasteiger partial charge in [-0.1, -0.05) is 48.5 Å². The zero-order valence-corrected chi connectivity index (χ0v) is 14.3. The maximum atomic E-state index is 12.9. The molecule has 0 spiro atoms. The van der Waals surface area contributed by atoms with Crippen molar-refractivity contribution >= 4 is 22.5 Å². The predicted octanol–water partition coefficient (Wildman–Crippen LogP) is 3.87. The Morgan fingerprint density at radius 1 is 1.00 bits per heavy atom. The van der Waals surface area contributed by atoms with Crippen LogP contribution in [0.2, 0.25) is 0 Å². The van der Waals surface area contributed by atoms with Crippen LogP contribution in [0.4, 0.5) is 0 Å². The lowest BCUT2D eigenvalue weighted by atomic mass is 10.0. The molecule has 0 atom stereocenters. The lowest BCUT2D eigenvalue weighted by molar-refractivity contribution is -0.119. The highest BCUT2D eigenvalue weighted by Gasteiger charge is 2.17. The van der Waals surface area contributed by atoms with Gasteiger partial charge in [0.05, 0.1) is 6.54 Å². The second-order valence-electron chi connectivity index (χ2n) is 6.02. The summed E-state index contributed by atoms with van der Waals surface area (Å²) < 4.78 is 6.87. The molecule has 0 radical (unpaired) electrons. The number of nitrogens with zero attached hydrogens (tertiary/aromatic N) is 1. The number of fused-ring (bicyclic) bond motifs is 1. The van der Waals surface area contributed by atoms with E-state index in [0.29, 0.717) is 30.6 Å². The van der Waals surface area contributed by atoms with E-state index in [4.69, 9.17) is 4.74 Å². The summed E-state index contributed by atoms with van der Waals surface area (Å²) in [6.45, 7) is 0.849. The topological polar surface area (TPSA) is 48.3 Å². The average molecular weight is 335 g/mol. The van der Waals surface area contributed by atoms with Crippen molar-refractivity contribution in [3.63, 3.8) is 0 Å². The minimum absolute atomic E-state index is 0.0256. The van der Waals surface area contributed by atoms with E-state index in [1.807, 2.05) is 59.2 Å². The molecule has 3 rings (SSSR count). The Hall–Kier alpha value is -2.72. The van der Waals surface area contributed by atoms with Crippen LogP contribution in [0.5, 0.6) is 0 Å². The molecule has 0 saturated carbocycles. The molecule has 25 heavy (non-hydrogen) atoms. The molecule has 0 saturated heterocycles. The maximum Gasteiger partial charge on any atom is 0.195 e. The predicted molar refractivity (Wildman–Crippen MR) is 97.9 cm³/mol. The fourth-order valence-electron chi connectivity index (χ4n) is 2.99. The summed E-state index contributed by atoms with van der Waals surface area (Å²) in [5.74, 6) is 0.110. The van der Waals surface area contributed by atoms with Gasteiger partial charge in [-0.05, 0) is 12.5 Å². The summed E-state index contributed by atoms with van der Waals surface area (Å²) in [7, 11) is 1.63. The van der Waals surface area contributed by atoms with E-state index < -0.39 is 0 Å². The fraction of sp³-hybridized carbons (Fsp3) is 0.238. The van der Waals surface area contributed by atoms with Crippen molar-refractivity contribution in [2.75, 3.05) is 13.7 Å². The van der Waals surface area contributed by atoms with Gasteiger partial charge in [-0.25, -0.2) is 0 Å². The molecule has 0 fully saturated rings. The number of carbonyl (C=O) groups excluding carboxylic acids is 2. The molecule has 1 heterocycles. The van der Waals surface area contributed by atoms with Gasteiger partial charge in [-0.15, -0.1) is 0 Å². The zero-order valence-electron chi connectivity index (χ0n) is 14.3. The molecule has 0 N–H and O–H groups in total. The number of Topliss-reactive ketones (excluding diaryl/α,β-unsaturated/α-hetero) is 1. The number of carbonyl (C=O) groups is 2. The monoisotopic (exact) mass is 335 g/mol. The quantitative estimate of drug-likeness (QED) is 0.464. The number of rotatable bonds is 8. The Morgan fingerprint density at radius 2 is 1.72 bits per heavy atom. The second kappa shape index (κ2) is 7.90. The van der Waals surface area contributed by atoms with Crippen LogP contribution < -0.4 is 0 Å². The van der Waals surface area contributed by atoms with E-state index in [1.165, 1.54) is 0 Å². The van der Waals surface area contributed by atoms with E-state index in [0.717, 1.165) is 10.9 Å². The SMILES string of the molecule is COCCCC(=O)Cn1cc(C(=O)c2ccccc2)c2ccccc21. The van der Waals surface area contributed by atoms with E-state index in [-0.39, 0.29) is 18.1 Å². The fourth-order valence-corrected chi connectivity index (χ4v) is 2.99. The van der Waals surface area contributed by atoms with Gasteiger partial charge in [0.1, 0.15) is 0 Å². The van der Waals surface area contributed by atoms with Crippen molar-refractivity contribution in [1.82, 2.24) is 4.57 Å². The van der Waals surface area contributed by atoms with Crippen molar-refractivity contribution < 1.29 is 14.3 Å². The molecule has 3 aromatic rings. The molecule has 0 amide bonds. The smallest absolute Gasteiger partial charge is 0.195 e. The van der Waals surface area contributed by atoms with Crippen molar-refractivity contribution in [1.29, 1.82) is 0 Å². The van der Waals surface area contributed by atoms with Gasteiger partial charge < -0.3 is 9.30 Å². The first-order chi connectivity index (χ1) is 12.2. The molecular weight excluding hydrogens is 314 g/mol. The van der Waals surface area contributed by atoms with Crippen molar-refractivity contribution in [2.45, 2.75) is 19.4 Å². The van der Waals surface area contributed by atoms with Crippen LogP contribution in [0.3, 0.4) is 0 Å². The molecule has 0 aliphatic rings. The molecule has 0 aliphatic carbocycles. The Morgan fingerprint density at radius 3 is 2.48 bits per heavy atom. The second-order valence-corrected chi connectivity index (χ2v) is 6.02. The summed E-state index contributed by atoms with van der Waals surface area (Å²) in [4.78, 5) is 25.1. The van der Waals surface area contributed by atoms with Crippen molar-refractivity contribution in [3.05, 3.63) is 71.9 Å². The van der Waals surface area contributed by atoms with E-state index in [2.05, 4.69) is 0 Å². The van der Waals surface area contributed by atoms with Crippen LogP contribution in [0.15, 0.2) is 60.8 Å². The van der Waals surface area contributed by atoms with Crippen LogP contribution in [0.1, 0.15) is 28.8 Å². The van der Waals surface area contributed by atoms with Gasteiger partial charge in [0.2, 0.25) is 0 Å². The van der Waals surface area contributed by atoms with Gasteiger partial charge >= 0.3 is 0 Å². The van der Waals surface area contributed by atoms with Crippen LogP contribution in [0, 0.1) is 0 Å². The Balaban J connectivity index is 1.91.